The second-order valence-corrected chi connectivity index (χ2v) is 10.4. The van der Waals surface area contributed by atoms with Crippen molar-refractivity contribution in [1.29, 1.82) is 0 Å². The number of ether oxygens (including phenoxy) is 2. The van der Waals surface area contributed by atoms with Gasteiger partial charge in [0.15, 0.2) is 5.69 Å². The standard InChI is InChI=1S/C25H28N4O8S/c1-14(2)9-15-10-17-20(11-19(15)30)37-12-18-21(26-29(22(17)18)16-3-8-38-13-16)23(31)28(25(33,34)35)5-4-27-6-7-36-24(27)32/h3,8,10-11,13-14,30,33-35H,4-7,9,12H2,1-2H3. The molecule has 2 aliphatic rings. The molecule has 0 aliphatic carbocycles. The van der Waals surface area contributed by atoms with Gasteiger partial charge in [0, 0.05) is 35.7 Å². The van der Waals surface area contributed by atoms with E-state index in [1.807, 2.05) is 36.7 Å². The maximum atomic E-state index is 13.7. The molecule has 202 valence electrons. The fourth-order valence-electron chi connectivity index (χ4n) is 4.64. The van der Waals surface area contributed by atoms with Gasteiger partial charge in [-0.2, -0.15) is 16.4 Å². The fraction of sp³-hybridized carbons (Fsp3) is 0.400. The largest absolute Gasteiger partial charge is 0.508 e. The van der Waals surface area contributed by atoms with Crippen LogP contribution in [0.2, 0.25) is 0 Å². The summed E-state index contributed by atoms with van der Waals surface area (Å²) in [6.07, 6.45) is -3.49. The van der Waals surface area contributed by atoms with Gasteiger partial charge in [-0.05, 0) is 35.4 Å². The van der Waals surface area contributed by atoms with E-state index in [1.165, 1.54) is 16.2 Å². The molecule has 0 bridgehead atoms. The van der Waals surface area contributed by atoms with Crippen LogP contribution in [0.15, 0.2) is 29.0 Å². The lowest BCUT2D eigenvalue weighted by Gasteiger charge is -2.31. The summed E-state index contributed by atoms with van der Waals surface area (Å²) < 4.78 is 12.3. The van der Waals surface area contributed by atoms with Gasteiger partial charge in [0.25, 0.3) is 5.91 Å². The van der Waals surface area contributed by atoms with Crippen LogP contribution in [0.3, 0.4) is 0 Å². The van der Waals surface area contributed by atoms with E-state index in [4.69, 9.17) is 9.47 Å². The van der Waals surface area contributed by atoms with Crippen molar-refractivity contribution in [3.8, 4) is 28.4 Å². The second-order valence-electron chi connectivity index (χ2n) is 9.59. The average molecular weight is 545 g/mol. The summed E-state index contributed by atoms with van der Waals surface area (Å²) >= 11 is 1.43. The van der Waals surface area contributed by atoms with Crippen LogP contribution in [0.25, 0.3) is 16.9 Å². The number of carbonyl (C=O) groups is 2. The molecule has 0 saturated carbocycles. The van der Waals surface area contributed by atoms with Crippen molar-refractivity contribution in [3.05, 3.63) is 45.8 Å². The molecule has 1 saturated heterocycles. The number of aromatic hydroxyl groups is 1. The third-order valence-corrected chi connectivity index (χ3v) is 7.09. The molecule has 13 heteroatoms. The van der Waals surface area contributed by atoms with Crippen LogP contribution < -0.4 is 4.74 Å². The van der Waals surface area contributed by atoms with E-state index in [0.29, 0.717) is 45.1 Å². The van der Waals surface area contributed by atoms with Crippen molar-refractivity contribution in [2.45, 2.75) is 33.0 Å². The zero-order valence-electron chi connectivity index (χ0n) is 20.8. The number of aromatic nitrogens is 2. The number of rotatable bonds is 8. The number of thiophene rings is 1. The number of cyclic esters (lactones) is 1. The van der Waals surface area contributed by atoms with Gasteiger partial charge in [-0.1, -0.05) is 13.8 Å². The molecule has 12 nitrogen and oxygen atoms in total. The molecule has 3 aromatic rings. The summed E-state index contributed by atoms with van der Waals surface area (Å²) in [7, 11) is 0. The van der Waals surface area contributed by atoms with Crippen molar-refractivity contribution in [3.63, 3.8) is 0 Å². The molecule has 38 heavy (non-hydrogen) atoms. The summed E-state index contributed by atoms with van der Waals surface area (Å²) in [6.45, 7) is 3.94. The van der Waals surface area contributed by atoms with Gasteiger partial charge in [-0.3, -0.25) is 9.69 Å². The van der Waals surface area contributed by atoms with Gasteiger partial charge < -0.3 is 34.8 Å². The third-order valence-electron chi connectivity index (χ3n) is 6.42. The Morgan fingerprint density at radius 1 is 1.26 bits per heavy atom. The number of fused-ring (bicyclic) bond motifs is 3. The van der Waals surface area contributed by atoms with Crippen LogP contribution in [0.4, 0.5) is 4.79 Å². The first-order valence-corrected chi connectivity index (χ1v) is 13.0. The molecule has 2 aromatic heterocycles. The topological polar surface area (TPSA) is 158 Å². The predicted octanol–water partition coefficient (Wildman–Crippen LogP) is 1.88. The minimum Gasteiger partial charge on any atom is -0.508 e. The lowest BCUT2D eigenvalue weighted by molar-refractivity contribution is -0.378. The Labute approximate surface area is 221 Å². The van der Waals surface area contributed by atoms with Gasteiger partial charge in [-0.15, -0.1) is 0 Å². The molecule has 0 unspecified atom stereocenters. The van der Waals surface area contributed by atoms with E-state index >= 15 is 0 Å². The number of benzene rings is 1. The highest BCUT2D eigenvalue weighted by atomic mass is 32.1. The first-order chi connectivity index (χ1) is 18.0. The summed E-state index contributed by atoms with van der Waals surface area (Å²) in [5.74, 6) is -0.169. The van der Waals surface area contributed by atoms with Crippen LogP contribution in [0, 0.1) is 5.92 Å². The Morgan fingerprint density at radius 2 is 2.05 bits per heavy atom. The van der Waals surface area contributed by atoms with Crippen LogP contribution in [0.5, 0.6) is 11.5 Å². The van der Waals surface area contributed by atoms with Gasteiger partial charge in [0.2, 0.25) is 0 Å². The van der Waals surface area contributed by atoms with E-state index in [9.17, 15) is 30.0 Å². The number of hydrogen-bond acceptors (Lipinski definition) is 10. The average Bonchev–Trinajstić information content (AvgIpc) is 3.58. The van der Waals surface area contributed by atoms with E-state index in [0.717, 1.165) is 0 Å². The first-order valence-electron chi connectivity index (χ1n) is 12.1. The molecule has 2 aliphatic heterocycles. The maximum Gasteiger partial charge on any atom is 0.409 e. The van der Waals surface area contributed by atoms with E-state index in [2.05, 4.69) is 5.10 Å². The Morgan fingerprint density at radius 3 is 2.68 bits per heavy atom. The molecule has 0 radical (unpaired) electrons. The van der Waals surface area contributed by atoms with Crippen LogP contribution in [-0.4, -0.2) is 84.3 Å². The number of amides is 2. The SMILES string of the molecule is CC(C)Cc1cc2c(cc1O)OCc1c(C(=O)N(CCN3CCOC3=O)C(O)(O)O)nn(-c3ccsc3)c1-2. The quantitative estimate of drug-likeness (QED) is 0.311. The van der Waals surface area contributed by atoms with Crippen molar-refractivity contribution in [2.75, 3.05) is 26.2 Å². The monoisotopic (exact) mass is 544 g/mol. The summed E-state index contributed by atoms with van der Waals surface area (Å²) in [5.41, 5.74) is 2.78. The van der Waals surface area contributed by atoms with Crippen molar-refractivity contribution in [2.24, 2.45) is 5.92 Å². The number of hydrogen-bond donors (Lipinski definition) is 4. The first kappa shape index (κ1) is 26.0. The highest BCUT2D eigenvalue weighted by Gasteiger charge is 2.40. The van der Waals surface area contributed by atoms with Gasteiger partial charge >= 0.3 is 12.2 Å². The highest BCUT2D eigenvalue weighted by Crippen LogP contribution is 2.44. The summed E-state index contributed by atoms with van der Waals surface area (Å²) in [6, 6.07) is 5.18. The fourth-order valence-corrected chi connectivity index (χ4v) is 5.25. The molecule has 4 heterocycles. The predicted molar refractivity (Wildman–Crippen MR) is 135 cm³/mol. The number of carbonyl (C=O) groups excluding carboxylic acids is 2. The molecule has 4 N–H and O–H groups in total. The molecule has 0 atom stereocenters. The Kier molecular flexibility index (Phi) is 6.77. The van der Waals surface area contributed by atoms with Crippen molar-refractivity contribution >= 4 is 23.3 Å². The summed E-state index contributed by atoms with van der Waals surface area (Å²) in [5, 5.41) is 48.9. The zero-order valence-corrected chi connectivity index (χ0v) is 21.6. The van der Waals surface area contributed by atoms with Crippen LogP contribution in [0.1, 0.15) is 35.5 Å². The number of phenols is 1. The Bertz CT molecular complexity index is 1360. The van der Waals surface area contributed by atoms with Gasteiger partial charge in [0.05, 0.1) is 17.9 Å². The molecular weight excluding hydrogens is 516 g/mol. The highest BCUT2D eigenvalue weighted by molar-refractivity contribution is 7.08. The molecule has 0 spiro atoms. The minimum absolute atomic E-state index is 0.0852. The third kappa shape index (κ3) is 4.80. The zero-order chi connectivity index (χ0) is 27.2. The van der Waals surface area contributed by atoms with Crippen LogP contribution in [-0.2, 0) is 17.8 Å². The van der Waals surface area contributed by atoms with Crippen molar-refractivity contribution < 1.29 is 39.5 Å². The summed E-state index contributed by atoms with van der Waals surface area (Å²) in [4.78, 5) is 27.2. The smallest absolute Gasteiger partial charge is 0.409 e. The maximum absolute atomic E-state index is 13.7. The number of nitrogens with zero attached hydrogens (tertiary/aromatic N) is 4. The molecule has 2 amide bonds. The van der Waals surface area contributed by atoms with E-state index in [-0.39, 0.29) is 43.7 Å². The van der Waals surface area contributed by atoms with Gasteiger partial charge in [-0.25, -0.2) is 9.48 Å². The Hall–Kier alpha value is -3.65. The second kappa shape index (κ2) is 9.91. The molecule has 1 fully saturated rings. The Balaban J connectivity index is 1.59. The van der Waals surface area contributed by atoms with Crippen LogP contribution >= 0.6 is 11.3 Å². The molecular formula is C25H28N4O8S. The normalized spacial score (nSPS) is 14.8. The lowest BCUT2D eigenvalue weighted by Crippen LogP contribution is -2.54. The number of phenolic OH excluding ortho intramolecular Hbond substituents is 1. The molecule has 1 aromatic carbocycles. The number of aliphatic hydroxyl groups is 3. The lowest BCUT2D eigenvalue weighted by atomic mass is 9.95. The minimum atomic E-state index is -3.51. The van der Waals surface area contributed by atoms with Gasteiger partial charge in [0.1, 0.15) is 24.7 Å². The van der Waals surface area contributed by atoms with E-state index in [1.54, 1.807) is 10.7 Å². The van der Waals surface area contributed by atoms with E-state index < -0.39 is 24.6 Å². The molecule has 5 rings (SSSR count). The van der Waals surface area contributed by atoms with Crippen molar-refractivity contribution in [1.82, 2.24) is 19.6 Å².